The van der Waals surface area contributed by atoms with Gasteiger partial charge in [-0.05, 0) is 58.7 Å². The number of aromatic nitrogens is 8. The molecule has 4 aromatic heterocycles. The molecule has 13 rings (SSSR count). The molecule has 13 aromatic rings. The van der Waals surface area contributed by atoms with Gasteiger partial charge in [-0.25, -0.2) is 9.97 Å². The van der Waals surface area contributed by atoms with Crippen molar-refractivity contribution < 1.29 is 0 Å². The normalized spacial score (nSPS) is 11.5. The first-order valence-corrected chi connectivity index (χ1v) is 22.6. The molecule has 8 nitrogen and oxygen atoms in total. The highest BCUT2D eigenvalue weighted by Crippen LogP contribution is 2.41. The minimum absolute atomic E-state index is 0.564. The third-order valence-electron chi connectivity index (χ3n) is 12.7. The van der Waals surface area contributed by atoms with Crippen molar-refractivity contribution >= 4 is 43.6 Å². The highest BCUT2D eigenvalue weighted by Gasteiger charge is 2.21. The van der Waals surface area contributed by atoms with Crippen LogP contribution in [0.25, 0.3) is 123 Å². The van der Waals surface area contributed by atoms with Crippen LogP contribution in [0.15, 0.2) is 231 Å². The van der Waals surface area contributed by atoms with E-state index in [1.54, 1.807) is 0 Å². The highest BCUT2D eigenvalue weighted by atomic mass is 15.2. The minimum atomic E-state index is 0.564. The molecule has 0 atom stereocenters. The molecule has 0 radical (unpaired) electrons. The fourth-order valence-electron chi connectivity index (χ4n) is 9.49. The van der Waals surface area contributed by atoms with Gasteiger partial charge in [-0.1, -0.05) is 194 Å². The second kappa shape index (κ2) is 16.2. The van der Waals surface area contributed by atoms with E-state index in [9.17, 15) is 0 Å². The van der Waals surface area contributed by atoms with Crippen LogP contribution in [0.1, 0.15) is 0 Å². The molecule has 0 saturated heterocycles. The Morgan fingerprint density at radius 3 is 0.868 bits per heavy atom. The molecule has 0 aliphatic rings. The molecule has 8 heteroatoms. The summed E-state index contributed by atoms with van der Waals surface area (Å²) >= 11 is 0. The van der Waals surface area contributed by atoms with Crippen LogP contribution in [-0.4, -0.2) is 39.0 Å². The van der Waals surface area contributed by atoms with Crippen molar-refractivity contribution in [2.75, 3.05) is 0 Å². The number of fused-ring (bicyclic) bond motifs is 6. The summed E-state index contributed by atoms with van der Waals surface area (Å²) in [5.74, 6) is 3.60. The topological polar surface area (TPSA) is 87.2 Å². The lowest BCUT2D eigenvalue weighted by Gasteiger charge is -2.13. The van der Waals surface area contributed by atoms with E-state index < -0.39 is 0 Å². The number of nitrogens with zero attached hydrogens (tertiary/aromatic N) is 8. The van der Waals surface area contributed by atoms with E-state index in [0.717, 1.165) is 88.1 Å². The third-order valence-corrected chi connectivity index (χ3v) is 12.7. The van der Waals surface area contributed by atoms with Crippen molar-refractivity contribution in [2.45, 2.75) is 0 Å². The standard InChI is InChI=1S/C60H38N8/c1-5-19-39(20-6-1)55-61-56(40-21-7-2-8-22-40)64-59(63-55)67-51-31-17-15-29-47(51)49-37-43(33-35-53(49)67)45-27-13-14-28-46(45)44-34-36-54-50(38-44)48-30-16-18-32-52(48)68(54)60-65-57(41-23-9-3-10-24-41)62-58(66-60)42-25-11-4-12-26-42/h1-38H. The molecule has 0 unspecified atom stereocenters. The van der Waals surface area contributed by atoms with Crippen LogP contribution in [0.4, 0.5) is 0 Å². The summed E-state index contributed by atoms with van der Waals surface area (Å²) in [6, 6.07) is 79.5. The Balaban J connectivity index is 0.955. The smallest absolute Gasteiger partial charge is 0.238 e. The zero-order valence-corrected chi connectivity index (χ0v) is 36.5. The fourth-order valence-corrected chi connectivity index (χ4v) is 9.49. The van der Waals surface area contributed by atoms with E-state index in [1.165, 1.54) is 0 Å². The van der Waals surface area contributed by atoms with E-state index in [1.807, 2.05) is 121 Å². The fraction of sp³-hybridized carbons (Fsp3) is 0. The van der Waals surface area contributed by atoms with Crippen LogP contribution in [0.2, 0.25) is 0 Å². The Kier molecular flexibility index (Phi) is 9.31. The molecular formula is C60H38N8. The van der Waals surface area contributed by atoms with Crippen LogP contribution in [-0.2, 0) is 0 Å². The quantitative estimate of drug-likeness (QED) is 0.151. The van der Waals surface area contributed by atoms with Crippen LogP contribution in [0.5, 0.6) is 0 Å². The average Bonchev–Trinajstić information content (AvgIpc) is 3.94. The molecule has 0 amide bonds. The van der Waals surface area contributed by atoms with Gasteiger partial charge in [-0.2, -0.15) is 19.9 Å². The number of para-hydroxylation sites is 2. The van der Waals surface area contributed by atoms with Crippen molar-refractivity contribution in [1.82, 2.24) is 39.0 Å². The molecule has 9 aromatic carbocycles. The van der Waals surface area contributed by atoms with Crippen LogP contribution < -0.4 is 0 Å². The summed E-state index contributed by atoms with van der Waals surface area (Å²) in [5.41, 5.74) is 12.2. The monoisotopic (exact) mass is 870 g/mol. The summed E-state index contributed by atoms with van der Waals surface area (Å²) < 4.78 is 4.34. The highest BCUT2D eigenvalue weighted by molar-refractivity contribution is 6.12. The van der Waals surface area contributed by atoms with Crippen LogP contribution in [0.3, 0.4) is 0 Å². The summed E-state index contributed by atoms with van der Waals surface area (Å²) in [6.07, 6.45) is 0. The predicted octanol–water partition coefficient (Wildman–Crippen LogP) is 14.3. The first kappa shape index (κ1) is 39.0. The molecule has 0 N–H and O–H groups in total. The summed E-state index contributed by atoms with van der Waals surface area (Å²) in [5, 5.41) is 4.44. The zero-order chi connectivity index (χ0) is 45.0. The molecule has 0 saturated carbocycles. The molecule has 0 aliphatic heterocycles. The summed E-state index contributed by atoms with van der Waals surface area (Å²) in [6.45, 7) is 0. The lowest BCUT2D eigenvalue weighted by atomic mass is 9.93. The lowest BCUT2D eigenvalue weighted by molar-refractivity contribution is 0.953. The Bertz CT molecular complexity index is 3640. The van der Waals surface area contributed by atoms with Crippen LogP contribution in [0, 0.1) is 0 Å². The number of rotatable bonds is 8. The number of benzene rings is 9. The van der Waals surface area contributed by atoms with Crippen LogP contribution >= 0.6 is 0 Å². The first-order valence-electron chi connectivity index (χ1n) is 22.6. The molecule has 318 valence electrons. The van der Waals surface area contributed by atoms with Crippen molar-refractivity contribution in [1.29, 1.82) is 0 Å². The number of hydrogen-bond acceptors (Lipinski definition) is 6. The van der Waals surface area contributed by atoms with Gasteiger partial charge in [0.25, 0.3) is 0 Å². The van der Waals surface area contributed by atoms with Crippen molar-refractivity contribution in [3.05, 3.63) is 231 Å². The Hall–Kier alpha value is -9.40. The van der Waals surface area contributed by atoms with E-state index in [0.29, 0.717) is 35.2 Å². The molecule has 0 spiro atoms. The van der Waals surface area contributed by atoms with E-state index in [2.05, 4.69) is 118 Å². The van der Waals surface area contributed by atoms with Crippen molar-refractivity contribution in [3.63, 3.8) is 0 Å². The SMILES string of the molecule is c1ccc(-c2nc(-c3ccccc3)nc(-n3c4ccccc4c4cc(-c5ccccc5-c5ccc6c(c5)c5ccccc5n6-c5nc(-c6ccccc6)nc(-c6ccccc6)n5)ccc43)n2)cc1. The second-order valence-corrected chi connectivity index (χ2v) is 16.7. The van der Waals surface area contributed by atoms with Gasteiger partial charge in [-0.15, -0.1) is 0 Å². The third kappa shape index (κ3) is 6.70. The first-order chi connectivity index (χ1) is 33.7. The van der Waals surface area contributed by atoms with Gasteiger partial charge in [0.1, 0.15) is 0 Å². The van der Waals surface area contributed by atoms with E-state index >= 15 is 0 Å². The number of hydrogen-bond donors (Lipinski definition) is 0. The van der Waals surface area contributed by atoms with E-state index in [4.69, 9.17) is 29.9 Å². The maximum absolute atomic E-state index is 5.14. The predicted molar refractivity (Wildman–Crippen MR) is 275 cm³/mol. The van der Waals surface area contributed by atoms with Crippen molar-refractivity contribution in [2.24, 2.45) is 0 Å². The molecule has 68 heavy (non-hydrogen) atoms. The van der Waals surface area contributed by atoms with Gasteiger partial charge in [-0.3, -0.25) is 9.13 Å². The second-order valence-electron chi connectivity index (χ2n) is 16.7. The largest absolute Gasteiger partial charge is 0.278 e. The molecule has 4 heterocycles. The zero-order valence-electron chi connectivity index (χ0n) is 36.5. The minimum Gasteiger partial charge on any atom is -0.278 e. The summed E-state index contributed by atoms with van der Waals surface area (Å²) in [7, 11) is 0. The van der Waals surface area contributed by atoms with Gasteiger partial charge < -0.3 is 0 Å². The van der Waals surface area contributed by atoms with E-state index in [-0.39, 0.29) is 0 Å². The summed E-state index contributed by atoms with van der Waals surface area (Å²) in [4.78, 5) is 30.5. The Morgan fingerprint density at radius 1 is 0.221 bits per heavy atom. The lowest BCUT2D eigenvalue weighted by Crippen LogP contribution is -2.06. The molecular weight excluding hydrogens is 833 g/mol. The van der Waals surface area contributed by atoms with Gasteiger partial charge >= 0.3 is 0 Å². The average molecular weight is 871 g/mol. The van der Waals surface area contributed by atoms with Crippen molar-refractivity contribution in [3.8, 4) is 79.7 Å². The molecule has 0 bridgehead atoms. The van der Waals surface area contributed by atoms with Gasteiger partial charge in [0.05, 0.1) is 22.1 Å². The van der Waals surface area contributed by atoms with Gasteiger partial charge in [0.2, 0.25) is 11.9 Å². The molecule has 0 aliphatic carbocycles. The van der Waals surface area contributed by atoms with Gasteiger partial charge in [0.15, 0.2) is 23.3 Å². The van der Waals surface area contributed by atoms with Gasteiger partial charge in [0, 0.05) is 43.8 Å². The maximum Gasteiger partial charge on any atom is 0.238 e. The maximum atomic E-state index is 5.14. The molecule has 0 fully saturated rings. The Labute approximate surface area is 391 Å². The Morgan fingerprint density at radius 2 is 0.515 bits per heavy atom.